The van der Waals surface area contributed by atoms with Crippen LogP contribution in [0.1, 0.15) is 12.6 Å². The van der Waals surface area contributed by atoms with Crippen LogP contribution in [0.4, 0.5) is 0 Å². The summed E-state index contributed by atoms with van der Waals surface area (Å²) in [6, 6.07) is 5.65. The van der Waals surface area contributed by atoms with E-state index in [9.17, 15) is 14.4 Å². The van der Waals surface area contributed by atoms with Crippen molar-refractivity contribution in [1.82, 2.24) is 19.2 Å². The van der Waals surface area contributed by atoms with Crippen LogP contribution in [0, 0.1) is 0 Å². The molecule has 0 saturated carbocycles. The fourth-order valence-corrected chi connectivity index (χ4v) is 3.11. The molecule has 2 amide bonds. The molecule has 2 aromatic rings. The van der Waals surface area contributed by atoms with Gasteiger partial charge in [-0.05, 0) is 12.1 Å². The first-order valence-electron chi connectivity index (χ1n) is 8.71. The molecule has 1 unspecified atom stereocenters. The number of ether oxygens (including phenoxy) is 1. The number of aromatic nitrogens is 2. The Morgan fingerprint density at radius 3 is 2.89 bits per heavy atom. The Bertz CT molecular complexity index is 816. The van der Waals surface area contributed by atoms with E-state index in [1.165, 1.54) is 11.8 Å². The number of morpholine rings is 1. The maximum absolute atomic E-state index is 12.6. The van der Waals surface area contributed by atoms with Gasteiger partial charge in [-0.1, -0.05) is 6.07 Å². The number of carbonyl (C=O) groups is 3. The fourth-order valence-electron chi connectivity index (χ4n) is 3.11. The molecular formula is C18H22N4O5. The smallest absolute Gasteiger partial charge is 0.323 e. The third kappa shape index (κ3) is 4.82. The molecule has 0 aliphatic carbocycles. The molecule has 144 valence electrons. The number of pyridine rings is 1. The highest BCUT2D eigenvalue weighted by atomic mass is 16.5. The molecule has 3 heterocycles. The van der Waals surface area contributed by atoms with E-state index < -0.39 is 12.1 Å². The highest BCUT2D eigenvalue weighted by molar-refractivity contribution is 5.80. The molecule has 9 heteroatoms. The summed E-state index contributed by atoms with van der Waals surface area (Å²) in [4.78, 5) is 42.5. The molecule has 9 nitrogen and oxygen atoms in total. The van der Waals surface area contributed by atoms with Crippen molar-refractivity contribution >= 4 is 23.4 Å². The minimum Gasteiger partial charge on any atom is -0.480 e. The number of aliphatic carboxylic acids is 1. The van der Waals surface area contributed by atoms with Crippen LogP contribution in [-0.2, 0) is 25.5 Å². The normalized spacial score (nSPS) is 17.1. The third-order valence-electron chi connectivity index (χ3n) is 4.43. The van der Waals surface area contributed by atoms with Crippen LogP contribution >= 0.6 is 0 Å². The number of hydrogen-bond donors (Lipinski definition) is 1. The molecule has 1 fully saturated rings. The number of carboxylic acids is 1. The summed E-state index contributed by atoms with van der Waals surface area (Å²) in [5.74, 6) is -1.49. The van der Waals surface area contributed by atoms with Gasteiger partial charge < -0.3 is 24.0 Å². The zero-order chi connectivity index (χ0) is 19.4. The van der Waals surface area contributed by atoms with Crippen molar-refractivity contribution in [3.8, 4) is 0 Å². The molecule has 27 heavy (non-hydrogen) atoms. The van der Waals surface area contributed by atoms with Gasteiger partial charge in [-0.3, -0.25) is 14.4 Å². The second-order valence-corrected chi connectivity index (χ2v) is 6.50. The first-order chi connectivity index (χ1) is 12.9. The van der Waals surface area contributed by atoms with E-state index in [4.69, 9.17) is 9.84 Å². The summed E-state index contributed by atoms with van der Waals surface area (Å²) in [6.45, 7) is 2.19. The average Bonchev–Trinajstić information content (AvgIpc) is 3.03. The van der Waals surface area contributed by atoms with Gasteiger partial charge in [0.1, 0.15) is 12.2 Å². The summed E-state index contributed by atoms with van der Waals surface area (Å²) in [5, 5.41) is 8.92. The average molecular weight is 374 g/mol. The lowest BCUT2D eigenvalue weighted by molar-refractivity contribution is -0.147. The summed E-state index contributed by atoms with van der Waals surface area (Å²) >= 11 is 0. The molecule has 1 saturated heterocycles. The van der Waals surface area contributed by atoms with Gasteiger partial charge >= 0.3 is 5.97 Å². The van der Waals surface area contributed by atoms with Crippen LogP contribution in [0.5, 0.6) is 0 Å². The fraction of sp³-hybridized carbons (Fsp3) is 0.444. The number of carboxylic acid groups (broad SMARTS) is 1. The monoisotopic (exact) mass is 374 g/mol. The summed E-state index contributed by atoms with van der Waals surface area (Å²) in [5.41, 5.74) is 1.47. The van der Waals surface area contributed by atoms with Crippen molar-refractivity contribution in [3.63, 3.8) is 0 Å². The summed E-state index contributed by atoms with van der Waals surface area (Å²) < 4.78 is 7.48. The first kappa shape index (κ1) is 18.8. The van der Waals surface area contributed by atoms with Gasteiger partial charge in [0, 0.05) is 39.0 Å². The maximum atomic E-state index is 12.6. The second kappa shape index (κ2) is 8.17. The number of nitrogens with zero attached hydrogens (tertiary/aromatic N) is 4. The number of rotatable bonds is 6. The van der Waals surface area contributed by atoms with Gasteiger partial charge in [0.25, 0.3) is 0 Å². The largest absolute Gasteiger partial charge is 0.480 e. The third-order valence-corrected chi connectivity index (χ3v) is 4.43. The Kier molecular flexibility index (Phi) is 5.70. The number of carbonyl (C=O) groups excluding carboxylic acids is 2. The van der Waals surface area contributed by atoms with E-state index in [0.29, 0.717) is 25.4 Å². The lowest BCUT2D eigenvalue weighted by atomic mass is 10.2. The number of hydrogen-bond acceptors (Lipinski definition) is 5. The zero-order valence-corrected chi connectivity index (χ0v) is 15.1. The van der Waals surface area contributed by atoms with E-state index >= 15 is 0 Å². The van der Waals surface area contributed by atoms with Gasteiger partial charge in [0.2, 0.25) is 11.8 Å². The standard InChI is InChI=1S/C18H22N4O5/c1-13(23)22(12-18(25)26)11-15-10-21(6-7-27-15)17(24)8-14-9-20-5-3-2-4-16(20)19-14/h2-5,9,15H,6-8,10-12H2,1H3,(H,25,26). The van der Waals surface area contributed by atoms with Gasteiger partial charge in [-0.2, -0.15) is 0 Å². The van der Waals surface area contributed by atoms with Gasteiger partial charge in [-0.25, -0.2) is 4.98 Å². The van der Waals surface area contributed by atoms with E-state index in [1.807, 2.05) is 35.0 Å². The van der Waals surface area contributed by atoms with Gasteiger partial charge in [0.05, 0.1) is 24.8 Å². The molecule has 1 aliphatic heterocycles. The number of amides is 2. The molecule has 1 N–H and O–H groups in total. The Hall–Kier alpha value is -2.94. The predicted molar refractivity (Wildman–Crippen MR) is 95.1 cm³/mol. The van der Waals surface area contributed by atoms with Crippen molar-refractivity contribution in [2.75, 3.05) is 32.8 Å². The first-order valence-corrected chi connectivity index (χ1v) is 8.71. The van der Waals surface area contributed by atoms with E-state index in [0.717, 1.165) is 5.65 Å². The topological polar surface area (TPSA) is 104 Å². The van der Waals surface area contributed by atoms with E-state index in [2.05, 4.69) is 4.98 Å². The molecule has 2 aromatic heterocycles. The predicted octanol–water partition coefficient (Wildman–Crippen LogP) is 0.0373. The molecule has 0 spiro atoms. The Labute approximate surface area is 156 Å². The molecule has 1 atom stereocenters. The Morgan fingerprint density at radius 2 is 2.19 bits per heavy atom. The number of fused-ring (bicyclic) bond motifs is 1. The Morgan fingerprint density at radius 1 is 1.37 bits per heavy atom. The van der Waals surface area contributed by atoms with Crippen LogP contribution in [0.3, 0.4) is 0 Å². The lowest BCUT2D eigenvalue weighted by Gasteiger charge is -2.35. The molecular weight excluding hydrogens is 352 g/mol. The molecule has 3 rings (SSSR count). The molecule has 0 bridgehead atoms. The maximum Gasteiger partial charge on any atom is 0.323 e. The van der Waals surface area contributed by atoms with Crippen molar-refractivity contribution in [3.05, 3.63) is 36.3 Å². The summed E-state index contributed by atoms with van der Waals surface area (Å²) in [7, 11) is 0. The quantitative estimate of drug-likeness (QED) is 0.765. The van der Waals surface area contributed by atoms with E-state index in [1.54, 1.807) is 4.90 Å². The van der Waals surface area contributed by atoms with Crippen LogP contribution in [0.2, 0.25) is 0 Å². The minimum absolute atomic E-state index is 0.0701. The minimum atomic E-state index is -1.08. The van der Waals surface area contributed by atoms with Crippen LogP contribution in [-0.4, -0.2) is 81.0 Å². The van der Waals surface area contributed by atoms with Gasteiger partial charge in [-0.15, -0.1) is 0 Å². The zero-order valence-electron chi connectivity index (χ0n) is 15.1. The van der Waals surface area contributed by atoms with Gasteiger partial charge in [0.15, 0.2) is 0 Å². The Balaban J connectivity index is 1.60. The van der Waals surface area contributed by atoms with Crippen LogP contribution in [0.25, 0.3) is 5.65 Å². The molecule has 0 aromatic carbocycles. The lowest BCUT2D eigenvalue weighted by Crippen LogP contribution is -2.51. The van der Waals surface area contributed by atoms with Crippen molar-refractivity contribution in [2.24, 2.45) is 0 Å². The highest BCUT2D eigenvalue weighted by Crippen LogP contribution is 2.11. The number of imidazole rings is 1. The molecule has 0 radical (unpaired) electrons. The van der Waals surface area contributed by atoms with Crippen molar-refractivity contribution < 1.29 is 24.2 Å². The van der Waals surface area contributed by atoms with Crippen molar-refractivity contribution in [2.45, 2.75) is 19.4 Å². The second-order valence-electron chi connectivity index (χ2n) is 6.50. The van der Waals surface area contributed by atoms with Crippen molar-refractivity contribution in [1.29, 1.82) is 0 Å². The van der Waals surface area contributed by atoms with Crippen LogP contribution in [0.15, 0.2) is 30.6 Å². The SMILES string of the molecule is CC(=O)N(CC(=O)O)CC1CN(C(=O)Cc2cn3ccccc3n2)CCO1. The van der Waals surface area contributed by atoms with Crippen LogP contribution < -0.4 is 0 Å². The summed E-state index contributed by atoms with van der Waals surface area (Å²) in [6.07, 6.45) is 3.47. The molecule has 1 aliphatic rings. The van der Waals surface area contributed by atoms with E-state index in [-0.39, 0.29) is 31.3 Å². The highest BCUT2D eigenvalue weighted by Gasteiger charge is 2.27.